The van der Waals surface area contributed by atoms with Crippen LogP contribution in [0, 0.1) is 34.2 Å². The number of halogens is 1. The number of benzene rings is 1. The summed E-state index contributed by atoms with van der Waals surface area (Å²) in [5.41, 5.74) is 0.258. The van der Waals surface area contributed by atoms with Crippen molar-refractivity contribution >= 4 is 5.69 Å². The van der Waals surface area contributed by atoms with E-state index in [4.69, 9.17) is 10.00 Å². The molecule has 0 N–H and O–H groups in total. The number of nitro groups is 1. The van der Waals surface area contributed by atoms with Gasteiger partial charge in [0.15, 0.2) is 11.6 Å². The van der Waals surface area contributed by atoms with E-state index in [-0.39, 0.29) is 22.9 Å². The summed E-state index contributed by atoms with van der Waals surface area (Å²) in [6.07, 6.45) is 0. The first-order valence-corrected chi connectivity index (χ1v) is 5.49. The Balaban J connectivity index is 2.41. The van der Waals surface area contributed by atoms with Gasteiger partial charge in [0.25, 0.3) is 5.69 Å². The van der Waals surface area contributed by atoms with Gasteiger partial charge >= 0.3 is 0 Å². The predicted octanol–water partition coefficient (Wildman–Crippen LogP) is 2.44. The number of nitrogens with zero attached hydrogens (tertiary/aromatic N) is 4. The first kappa shape index (κ1) is 13.5. The number of aromatic nitrogens is 2. The first-order chi connectivity index (χ1) is 9.43. The number of nitriles is 1. The van der Waals surface area contributed by atoms with Crippen molar-refractivity contribution in [2.24, 2.45) is 7.05 Å². The fraction of sp³-hybridized carbons (Fsp3) is 0.167. The van der Waals surface area contributed by atoms with E-state index >= 15 is 0 Å². The fourth-order valence-corrected chi connectivity index (χ4v) is 1.67. The first-order valence-electron chi connectivity index (χ1n) is 5.49. The molecule has 2 rings (SSSR count). The Morgan fingerprint density at radius 3 is 2.80 bits per heavy atom. The van der Waals surface area contributed by atoms with Crippen LogP contribution < -0.4 is 4.74 Å². The van der Waals surface area contributed by atoms with Gasteiger partial charge in [0.05, 0.1) is 16.7 Å². The minimum atomic E-state index is -0.887. The smallest absolute Gasteiger partial charge is 0.272 e. The third-order valence-corrected chi connectivity index (χ3v) is 2.61. The minimum absolute atomic E-state index is 0.0813. The molecule has 102 valence electrons. The van der Waals surface area contributed by atoms with E-state index < -0.39 is 10.7 Å². The molecule has 2 aromatic rings. The molecule has 8 heteroatoms. The monoisotopic (exact) mass is 276 g/mol. The lowest BCUT2D eigenvalue weighted by molar-refractivity contribution is -0.385. The van der Waals surface area contributed by atoms with E-state index in [0.29, 0.717) is 5.69 Å². The van der Waals surface area contributed by atoms with Gasteiger partial charge < -0.3 is 4.74 Å². The van der Waals surface area contributed by atoms with Crippen LogP contribution in [0.4, 0.5) is 10.1 Å². The molecule has 0 spiro atoms. The number of rotatable bonds is 3. The van der Waals surface area contributed by atoms with Gasteiger partial charge in [0, 0.05) is 13.1 Å². The van der Waals surface area contributed by atoms with Gasteiger partial charge in [-0.1, -0.05) is 0 Å². The van der Waals surface area contributed by atoms with Gasteiger partial charge in [-0.3, -0.25) is 10.1 Å². The van der Waals surface area contributed by atoms with E-state index in [1.165, 1.54) is 4.68 Å². The quantitative estimate of drug-likeness (QED) is 0.633. The molecule has 0 atom stereocenters. The van der Waals surface area contributed by atoms with Crippen molar-refractivity contribution in [1.29, 1.82) is 5.26 Å². The molecular weight excluding hydrogens is 267 g/mol. The van der Waals surface area contributed by atoms with Crippen LogP contribution in [0.15, 0.2) is 18.2 Å². The number of hydrogen-bond acceptors (Lipinski definition) is 5. The van der Waals surface area contributed by atoms with Crippen molar-refractivity contribution in [3.05, 3.63) is 45.4 Å². The maximum Gasteiger partial charge on any atom is 0.272 e. The molecule has 0 saturated carbocycles. The molecule has 0 bridgehead atoms. The predicted molar refractivity (Wildman–Crippen MR) is 65.8 cm³/mol. The van der Waals surface area contributed by atoms with Gasteiger partial charge in [-0.2, -0.15) is 10.4 Å². The summed E-state index contributed by atoms with van der Waals surface area (Å²) in [7, 11) is 1.55. The molecule has 0 amide bonds. The maximum atomic E-state index is 13.7. The molecule has 0 aliphatic carbocycles. The Morgan fingerprint density at radius 2 is 2.25 bits per heavy atom. The molecule has 0 radical (unpaired) electrons. The summed E-state index contributed by atoms with van der Waals surface area (Å²) >= 11 is 0. The molecule has 0 aliphatic heterocycles. The van der Waals surface area contributed by atoms with Crippen molar-refractivity contribution < 1.29 is 14.1 Å². The Hall–Kier alpha value is -2.95. The highest BCUT2D eigenvalue weighted by Gasteiger charge is 2.18. The zero-order valence-electron chi connectivity index (χ0n) is 10.6. The standard InChI is InChI=1S/C12H9FN4O3/c1-7-9(6-14)12(16(2)15-7)20-11-4-3-8(17(18)19)5-10(11)13/h3-5H,1-2H3. The molecule has 0 saturated heterocycles. The molecule has 1 aromatic carbocycles. The lowest BCUT2D eigenvalue weighted by Gasteiger charge is -2.06. The average molecular weight is 276 g/mol. The van der Waals surface area contributed by atoms with Crippen LogP contribution in [-0.4, -0.2) is 14.7 Å². The van der Waals surface area contributed by atoms with E-state index in [1.807, 2.05) is 6.07 Å². The second kappa shape index (κ2) is 4.97. The van der Waals surface area contributed by atoms with Crippen LogP contribution in [0.3, 0.4) is 0 Å². The van der Waals surface area contributed by atoms with Crippen LogP contribution in [0.1, 0.15) is 11.3 Å². The Labute approximate surface area is 113 Å². The molecule has 7 nitrogen and oxygen atoms in total. The van der Waals surface area contributed by atoms with E-state index in [0.717, 1.165) is 18.2 Å². The number of non-ortho nitro benzene ring substituents is 1. The van der Waals surface area contributed by atoms with Crippen molar-refractivity contribution in [3.8, 4) is 17.7 Å². The fourth-order valence-electron chi connectivity index (χ4n) is 1.67. The van der Waals surface area contributed by atoms with Gasteiger partial charge in [-0.25, -0.2) is 9.07 Å². The zero-order valence-corrected chi connectivity index (χ0v) is 10.6. The molecule has 20 heavy (non-hydrogen) atoms. The number of ether oxygens (including phenoxy) is 1. The van der Waals surface area contributed by atoms with Crippen LogP contribution in [0.25, 0.3) is 0 Å². The second-order valence-corrected chi connectivity index (χ2v) is 3.97. The van der Waals surface area contributed by atoms with Gasteiger partial charge in [0.1, 0.15) is 11.6 Å². The van der Waals surface area contributed by atoms with Crippen LogP contribution >= 0.6 is 0 Å². The molecule has 1 aromatic heterocycles. The third-order valence-electron chi connectivity index (χ3n) is 2.61. The Kier molecular flexibility index (Phi) is 3.35. The molecule has 0 aliphatic rings. The van der Waals surface area contributed by atoms with E-state index in [1.54, 1.807) is 14.0 Å². The summed E-state index contributed by atoms with van der Waals surface area (Å²) in [6, 6.07) is 4.92. The lowest BCUT2D eigenvalue weighted by atomic mass is 10.2. The maximum absolute atomic E-state index is 13.7. The third kappa shape index (κ3) is 2.29. The molecule has 0 unspecified atom stereocenters. The topological polar surface area (TPSA) is 94.0 Å². The summed E-state index contributed by atoms with van der Waals surface area (Å²) < 4.78 is 20.3. The average Bonchev–Trinajstić information content (AvgIpc) is 2.65. The highest BCUT2D eigenvalue weighted by molar-refractivity contribution is 5.45. The summed E-state index contributed by atoms with van der Waals surface area (Å²) in [4.78, 5) is 9.81. The van der Waals surface area contributed by atoms with Gasteiger partial charge in [0.2, 0.25) is 5.88 Å². The zero-order chi connectivity index (χ0) is 14.9. The van der Waals surface area contributed by atoms with Gasteiger partial charge in [-0.05, 0) is 13.0 Å². The number of aryl methyl sites for hydroxylation is 2. The Bertz CT molecular complexity index is 733. The second-order valence-electron chi connectivity index (χ2n) is 3.97. The minimum Gasteiger partial charge on any atom is -0.435 e. The van der Waals surface area contributed by atoms with Gasteiger partial charge in [-0.15, -0.1) is 0 Å². The summed E-state index contributed by atoms with van der Waals surface area (Å²) in [5, 5.41) is 23.5. The molecule has 1 heterocycles. The number of nitro benzene ring substituents is 1. The lowest BCUT2D eigenvalue weighted by Crippen LogP contribution is -1.98. The SMILES string of the molecule is Cc1nn(C)c(Oc2ccc([N+](=O)[O-])cc2F)c1C#N. The molecule has 0 fully saturated rings. The van der Waals surface area contributed by atoms with Crippen molar-refractivity contribution in [3.63, 3.8) is 0 Å². The largest absolute Gasteiger partial charge is 0.435 e. The van der Waals surface area contributed by atoms with Crippen LogP contribution in [0.5, 0.6) is 11.6 Å². The highest BCUT2D eigenvalue weighted by atomic mass is 19.1. The van der Waals surface area contributed by atoms with Crippen molar-refractivity contribution in [2.75, 3.05) is 0 Å². The van der Waals surface area contributed by atoms with Crippen LogP contribution in [0.2, 0.25) is 0 Å². The van der Waals surface area contributed by atoms with Crippen LogP contribution in [-0.2, 0) is 7.05 Å². The summed E-state index contributed by atoms with van der Waals surface area (Å²) in [6.45, 7) is 1.62. The van der Waals surface area contributed by atoms with Crippen molar-refractivity contribution in [2.45, 2.75) is 6.92 Å². The van der Waals surface area contributed by atoms with E-state index in [9.17, 15) is 14.5 Å². The highest BCUT2D eigenvalue weighted by Crippen LogP contribution is 2.30. The summed E-state index contributed by atoms with van der Waals surface area (Å²) in [5.74, 6) is -1.02. The van der Waals surface area contributed by atoms with E-state index in [2.05, 4.69) is 5.10 Å². The normalized spacial score (nSPS) is 10.1. The Morgan fingerprint density at radius 1 is 1.55 bits per heavy atom. The number of hydrogen-bond donors (Lipinski definition) is 0. The molecular formula is C12H9FN4O3. The van der Waals surface area contributed by atoms with Crippen molar-refractivity contribution in [1.82, 2.24) is 9.78 Å².